The van der Waals surface area contributed by atoms with Gasteiger partial charge in [-0.15, -0.1) is 0 Å². The van der Waals surface area contributed by atoms with Crippen molar-refractivity contribution in [2.45, 2.75) is 25.2 Å². The normalized spacial score (nSPS) is 16.6. The van der Waals surface area contributed by atoms with E-state index in [0.29, 0.717) is 23.4 Å². The number of rotatable bonds is 3. The highest BCUT2D eigenvalue weighted by molar-refractivity contribution is 9.10. The number of hydrogen-bond acceptors (Lipinski definition) is 5. The Morgan fingerprint density at radius 2 is 2.22 bits per heavy atom. The van der Waals surface area contributed by atoms with Crippen molar-refractivity contribution in [1.29, 1.82) is 5.26 Å². The largest absolute Gasteiger partial charge is 0.328 e. The van der Waals surface area contributed by atoms with Gasteiger partial charge in [0.1, 0.15) is 12.6 Å². The van der Waals surface area contributed by atoms with E-state index in [1.165, 1.54) is 6.20 Å². The Morgan fingerprint density at radius 1 is 1.44 bits per heavy atom. The summed E-state index contributed by atoms with van der Waals surface area (Å²) in [6, 6.07) is 7.67. The van der Waals surface area contributed by atoms with Crippen LogP contribution in [0.25, 0.3) is 0 Å². The van der Waals surface area contributed by atoms with Gasteiger partial charge in [0, 0.05) is 22.0 Å². The number of halogens is 1. The van der Waals surface area contributed by atoms with Crippen LogP contribution in [0.3, 0.4) is 0 Å². The molecule has 1 aliphatic carbocycles. The standard InChI is InChI=1S/C19H16BrN5O2/c1-11-12(7-21)8-22-18(23-11)24-16(26)9-25-10-19(4-5-19)15-6-13(20)2-3-14(15)17(25)27/h2-3,6,8H,4-5,9-10H2,1H3,(H,22,23,24,26). The Labute approximate surface area is 164 Å². The molecule has 1 aromatic carbocycles. The molecule has 0 unspecified atom stereocenters. The van der Waals surface area contributed by atoms with Gasteiger partial charge in [0.25, 0.3) is 5.91 Å². The van der Waals surface area contributed by atoms with Crippen molar-refractivity contribution >= 4 is 33.7 Å². The van der Waals surface area contributed by atoms with E-state index < -0.39 is 0 Å². The predicted molar refractivity (Wildman–Crippen MR) is 101 cm³/mol. The number of benzene rings is 1. The third kappa shape index (κ3) is 3.19. The maximum atomic E-state index is 12.8. The molecular weight excluding hydrogens is 410 g/mol. The summed E-state index contributed by atoms with van der Waals surface area (Å²) in [7, 11) is 0. The highest BCUT2D eigenvalue weighted by Crippen LogP contribution is 2.52. The van der Waals surface area contributed by atoms with E-state index in [2.05, 4.69) is 31.2 Å². The third-order valence-corrected chi connectivity index (χ3v) is 5.60. The fraction of sp³-hybridized carbons (Fsp3) is 0.316. The number of hydrogen-bond donors (Lipinski definition) is 1. The van der Waals surface area contributed by atoms with Crippen molar-refractivity contribution in [2.24, 2.45) is 0 Å². The minimum absolute atomic E-state index is 0.0329. The number of amides is 2. The van der Waals surface area contributed by atoms with Crippen molar-refractivity contribution in [1.82, 2.24) is 14.9 Å². The molecule has 1 fully saturated rings. The molecule has 2 amide bonds. The molecule has 0 saturated heterocycles. The van der Waals surface area contributed by atoms with Crippen molar-refractivity contribution in [3.8, 4) is 6.07 Å². The van der Waals surface area contributed by atoms with Crippen LogP contribution in [0.1, 0.15) is 40.0 Å². The fourth-order valence-corrected chi connectivity index (χ4v) is 3.88. The number of nitrogens with one attached hydrogen (secondary N) is 1. The van der Waals surface area contributed by atoms with Crippen LogP contribution in [0, 0.1) is 18.3 Å². The molecule has 0 radical (unpaired) electrons. The molecule has 2 aliphatic rings. The predicted octanol–water partition coefficient (Wildman–Crippen LogP) is 2.55. The van der Waals surface area contributed by atoms with E-state index in [9.17, 15) is 9.59 Å². The number of nitrogens with zero attached hydrogens (tertiary/aromatic N) is 4. The minimum Gasteiger partial charge on any atom is -0.328 e. The number of fused-ring (bicyclic) bond motifs is 2. The van der Waals surface area contributed by atoms with Crippen molar-refractivity contribution in [3.63, 3.8) is 0 Å². The van der Waals surface area contributed by atoms with Gasteiger partial charge in [0.2, 0.25) is 11.9 Å². The lowest BCUT2D eigenvalue weighted by Crippen LogP contribution is -2.46. The first-order chi connectivity index (χ1) is 12.9. The maximum Gasteiger partial charge on any atom is 0.254 e. The monoisotopic (exact) mass is 425 g/mol. The van der Waals surface area contributed by atoms with Gasteiger partial charge in [-0.2, -0.15) is 5.26 Å². The first kappa shape index (κ1) is 17.6. The van der Waals surface area contributed by atoms with Crippen LogP contribution in [0.15, 0.2) is 28.9 Å². The molecule has 7 nitrogen and oxygen atoms in total. The van der Waals surface area contributed by atoms with Crippen molar-refractivity contribution < 1.29 is 9.59 Å². The second kappa shape index (κ2) is 6.43. The van der Waals surface area contributed by atoms with E-state index in [1.54, 1.807) is 11.8 Å². The topological polar surface area (TPSA) is 99.0 Å². The van der Waals surface area contributed by atoms with Gasteiger partial charge >= 0.3 is 0 Å². The summed E-state index contributed by atoms with van der Waals surface area (Å²) in [5.74, 6) is -0.364. The Balaban J connectivity index is 1.51. The van der Waals surface area contributed by atoms with Crippen LogP contribution < -0.4 is 5.32 Å². The van der Waals surface area contributed by atoms with Gasteiger partial charge in [0.05, 0.1) is 17.5 Å². The molecule has 0 atom stereocenters. The molecule has 2 heterocycles. The van der Waals surface area contributed by atoms with Crippen molar-refractivity contribution in [2.75, 3.05) is 18.4 Å². The van der Waals surface area contributed by atoms with Crippen LogP contribution in [0.2, 0.25) is 0 Å². The second-order valence-electron chi connectivity index (χ2n) is 6.98. The molecule has 1 aliphatic heterocycles. The zero-order chi connectivity index (χ0) is 19.2. The molecule has 8 heteroatoms. The first-order valence-electron chi connectivity index (χ1n) is 8.55. The maximum absolute atomic E-state index is 12.8. The quantitative estimate of drug-likeness (QED) is 0.814. The number of carbonyl (C=O) groups excluding carboxylic acids is 2. The molecule has 4 rings (SSSR count). The number of anilines is 1. The van der Waals surface area contributed by atoms with Crippen LogP contribution in [0.4, 0.5) is 5.95 Å². The smallest absolute Gasteiger partial charge is 0.254 e. The number of aromatic nitrogens is 2. The summed E-state index contributed by atoms with van der Waals surface area (Å²) in [6.45, 7) is 2.16. The van der Waals surface area contributed by atoms with Gasteiger partial charge in [0.15, 0.2) is 0 Å². The Kier molecular flexibility index (Phi) is 4.19. The molecule has 2 aromatic rings. The fourth-order valence-electron chi connectivity index (χ4n) is 3.52. The molecule has 1 N–H and O–H groups in total. The van der Waals surface area contributed by atoms with Gasteiger partial charge in [-0.05, 0) is 43.5 Å². The average Bonchev–Trinajstić information content (AvgIpc) is 3.40. The lowest BCUT2D eigenvalue weighted by atomic mass is 9.86. The van der Waals surface area contributed by atoms with Crippen LogP contribution in [-0.2, 0) is 10.2 Å². The van der Waals surface area contributed by atoms with Crippen molar-refractivity contribution in [3.05, 3.63) is 51.3 Å². The zero-order valence-electron chi connectivity index (χ0n) is 14.6. The molecule has 0 bridgehead atoms. The highest BCUT2D eigenvalue weighted by Gasteiger charge is 2.51. The summed E-state index contributed by atoms with van der Waals surface area (Å²) in [4.78, 5) is 34.9. The SMILES string of the molecule is Cc1nc(NC(=O)CN2CC3(CC3)c3cc(Br)ccc3C2=O)ncc1C#N. The third-order valence-electron chi connectivity index (χ3n) is 5.10. The second-order valence-corrected chi connectivity index (χ2v) is 7.90. The van der Waals surface area contributed by atoms with E-state index >= 15 is 0 Å². The first-order valence-corrected chi connectivity index (χ1v) is 9.34. The summed E-state index contributed by atoms with van der Waals surface area (Å²) in [5.41, 5.74) is 2.56. The molecule has 1 saturated carbocycles. The zero-order valence-corrected chi connectivity index (χ0v) is 16.2. The van der Waals surface area contributed by atoms with E-state index in [0.717, 1.165) is 22.9 Å². The Bertz CT molecular complexity index is 1010. The van der Waals surface area contributed by atoms with Gasteiger partial charge in [-0.25, -0.2) is 9.97 Å². The summed E-state index contributed by atoms with van der Waals surface area (Å²) in [5, 5.41) is 11.5. The average molecular weight is 426 g/mol. The molecule has 1 spiro atoms. The molecule has 1 aromatic heterocycles. The van der Waals surface area contributed by atoms with Crippen LogP contribution >= 0.6 is 15.9 Å². The summed E-state index contributed by atoms with van der Waals surface area (Å²) < 4.78 is 0.958. The van der Waals surface area contributed by atoms with E-state index in [-0.39, 0.29) is 29.7 Å². The van der Waals surface area contributed by atoms with E-state index in [4.69, 9.17) is 5.26 Å². The van der Waals surface area contributed by atoms with Crippen LogP contribution in [0.5, 0.6) is 0 Å². The summed E-state index contributed by atoms with van der Waals surface area (Å²) in [6.07, 6.45) is 3.40. The molecular formula is C19H16BrN5O2. The Hall–Kier alpha value is -2.79. The lowest BCUT2D eigenvalue weighted by molar-refractivity contribution is -0.117. The Morgan fingerprint density at radius 3 is 2.89 bits per heavy atom. The van der Waals surface area contributed by atoms with Gasteiger partial charge < -0.3 is 4.90 Å². The molecule has 27 heavy (non-hydrogen) atoms. The van der Waals surface area contributed by atoms with Gasteiger partial charge in [-0.3, -0.25) is 14.9 Å². The number of carbonyl (C=O) groups is 2. The van der Waals surface area contributed by atoms with Crippen LogP contribution in [-0.4, -0.2) is 39.8 Å². The lowest BCUT2D eigenvalue weighted by Gasteiger charge is -2.34. The summed E-state index contributed by atoms with van der Waals surface area (Å²) >= 11 is 3.48. The highest BCUT2D eigenvalue weighted by atomic mass is 79.9. The van der Waals surface area contributed by atoms with E-state index in [1.807, 2.05) is 24.3 Å². The minimum atomic E-state index is -0.358. The number of nitriles is 1. The van der Waals surface area contributed by atoms with Gasteiger partial charge in [-0.1, -0.05) is 15.9 Å². The molecule has 136 valence electrons. The number of aryl methyl sites for hydroxylation is 1.